The lowest BCUT2D eigenvalue weighted by Crippen LogP contribution is -2.48. The monoisotopic (exact) mass is 458 g/mol. The van der Waals surface area contributed by atoms with Gasteiger partial charge in [0.25, 0.3) is 0 Å². The second kappa shape index (κ2) is 11.0. The highest BCUT2D eigenvalue weighted by Crippen LogP contribution is 2.25. The van der Waals surface area contributed by atoms with Gasteiger partial charge in [0.15, 0.2) is 0 Å². The molecule has 0 saturated carbocycles. The molecular weight excluding hydrogens is 439 g/mol. The summed E-state index contributed by atoms with van der Waals surface area (Å²) in [6.45, 7) is 2.14. The Bertz CT molecular complexity index is 831. The van der Waals surface area contributed by atoms with Crippen LogP contribution in [-0.4, -0.2) is 35.6 Å². The Labute approximate surface area is 184 Å². The minimum absolute atomic E-state index is 0.138. The second-order valence-electron chi connectivity index (χ2n) is 6.05. The molecule has 0 radical (unpaired) electrons. The summed E-state index contributed by atoms with van der Waals surface area (Å²) in [5.41, 5.74) is 0.807. The van der Waals surface area contributed by atoms with Gasteiger partial charge in [0.1, 0.15) is 6.04 Å². The summed E-state index contributed by atoms with van der Waals surface area (Å²) < 4.78 is 0. The molecule has 0 aliphatic heterocycles. The first-order valence-corrected chi connectivity index (χ1v) is 10.8. The number of halogens is 3. The van der Waals surface area contributed by atoms with E-state index in [0.717, 1.165) is 10.5 Å². The maximum Gasteiger partial charge on any atom is 0.242 e. The molecule has 150 valence electrons. The average molecular weight is 460 g/mol. The van der Waals surface area contributed by atoms with E-state index in [0.29, 0.717) is 21.5 Å². The Morgan fingerprint density at radius 1 is 1.07 bits per heavy atom. The Morgan fingerprint density at radius 3 is 2.32 bits per heavy atom. The maximum absolute atomic E-state index is 13.0. The predicted molar refractivity (Wildman–Crippen MR) is 117 cm³/mol. The number of rotatable bonds is 8. The van der Waals surface area contributed by atoms with Crippen molar-refractivity contribution >= 4 is 58.4 Å². The number of benzene rings is 2. The largest absolute Gasteiger partial charge is 0.357 e. The SMILES string of the molecule is CC[C@H](C(=O)NC)N(Cc1ccc(Cl)c(Cl)c1)C(=O)CSc1ccc(Cl)cc1. The van der Waals surface area contributed by atoms with Crippen LogP contribution < -0.4 is 5.32 Å². The Morgan fingerprint density at radius 2 is 1.75 bits per heavy atom. The molecule has 0 heterocycles. The smallest absolute Gasteiger partial charge is 0.242 e. The van der Waals surface area contributed by atoms with Gasteiger partial charge in [-0.25, -0.2) is 0 Å². The van der Waals surface area contributed by atoms with Gasteiger partial charge in [0.05, 0.1) is 15.8 Å². The first-order valence-electron chi connectivity index (χ1n) is 8.69. The van der Waals surface area contributed by atoms with Crippen LogP contribution in [0, 0.1) is 0 Å². The molecule has 2 aromatic carbocycles. The molecule has 0 aliphatic rings. The summed E-state index contributed by atoms with van der Waals surface area (Å²) in [7, 11) is 1.56. The van der Waals surface area contributed by atoms with E-state index >= 15 is 0 Å². The third kappa shape index (κ3) is 6.31. The minimum atomic E-state index is -0.572. The molecule has 0 aromatic heterocycles. The fraction of sp³-hybridized carbons (Fsp3) is 0.300. The van der Waals surface area contributed by atoms with Crippen molar-refractivity contribution in [2.75, 3.05) is 12.8 Å². The van der Waals surface area contributed by atoms with Crippen molar-refractivity contribution in [1.82, 2.24) is 10.2 Å². The number of amides is 2. The minimum Gasteiger partial charge on any atom is -0.357 e. The molecule has 2 aromatic rings. The topological polar surface area (TPSA) is 49.4 Å². The van der Waals surface area contributed by atoms with E-state index in [-0.39, 0.29) is 24.1 Å². The van der Waals surface area contributed by atoms with Gasteiger partial charge < -0.3 is 10.2 Å². The van der Waals surface area contributed by atoms with Crippen LogP contribution in [0.15, 0.2) is 47.4 Å². The van der Waals surface area contributed by atoms with Crippen molar-refractivity contribution in [3.63, 3.8) is 0 Å². The Kier molecular flexibility index (Phi) is 8.96. The lowest BCUT2D eigenvalue weighted by Gasteiger charge is -2.30. The van der Waals surface area contributed by atoms with E-state index in [1.165, 1.54) is 11.8 Å². The highest BCUT2D eigenvalue weighted by molar-refractivity contribution is 8.00. The van der Waals surface area contributed by atoms with E-state index in [1.807, 2.05) is 19.1 Å². The molecular formula is C20H21Cl3N2O2S. The molecule has 0 fully saturated rings. The highest BCUT2D eigenvalue weighted by atomic mass is 35.5. The first-order chi connectivity index (χ1) is 13.3. The van der Waals surface area contributed by atoms with E-state index in [2.05, 4.69) is 5.32 Å². The summed E-state index contributed by atoms with van der Waals surface area (Å²) in [5.74, 6) is -0.134. The third-order valence-electron chi connectivity index (χ3n) is 4.15. The molecule has 0 saturated heterocycles. The average Bonchev–Trinajstić information content (AvgIpc) is 2.69. The van der Waals surface area contributed by atoms with Crippen LogP contribution in [0.1, 0.15) is 18.9 Å². The van der Waals surface area contributed by atoms with Gasteiger partial charge in [-0.15, -0.1) is 11.8 Å². The van der Waals surface area contributed by atoms with Gasteiger partial charge in [-0.2, -0.15) is 0 Å². The van der Waals surface area contributed by atoms with Gasteiger partial charge in [-0.05, 0) is 48.4 Å². The lowest BCUT2D eigenvalue weighted by atomic mass is 10.1. The number of thioether (sulfide) groups is 1. The first kappa shape index (κ1) is 22.9. The van der Waals surface area contributed by atoms with Crippen LogP contribution in [-0.2, 0) is 16.1 Å². The van der Waals surface area contributed by atoms with Gasteiger partial charge in [0, 0.05) is 23.5 Å². The quantitative estimate of drug-likeness (QED) is 0.545. The summed E-state index contributed by atoms with van der Waals surface area (Å²) in [5, 5.41) is 4.13. The summed E-state index contributed by atoms with van der Waals surface area (Å²) in [6.07, 6.45) is 0.498. The molecule has 4 nitrogen and oxygen atoms in total. The van der Waals surface area contributed by atoms with Crippen molar-refractivity contribution in [2.45, 2.75) is 30.8 Å². The number of nitrogens with one attached hydrogen (secondary N) is 1. The van der Waals surface area contributed by atoms with Crippen molar-refractivity contribution in [2.24, 2.45) is 0 Å². The van der Waals surface area contributed by atoms with E-state index in [1.54, 1.807) is 42.3 Å². The highest BCUT2D eigenvalue weighted by Gasteiger charge is 2.28. The number of nitrogens with zero attached hydrogens (tertiary/aromatic N) is 1. The van der Waals surface area contributed by atoms with Gasteiger partial charge >= 0.3 is 0 Å². The third-order valence-corrected chi connectivity index (χ3v) is 6.13. The lowest BCUT2D eigenvalue weighted by molar-refractivity contribution is -0.139. The van der Waals surface area contributed by atoms with Crippen LogP contribution in [0.4, 0.5) is 0 Å². The van der Waals surface area contributed by atoms with Gasteiger partial charge in [-0.1, -0.05) is 47.8 Å². The van der Waals surface area contributed by atoms with Crippen molar-refractivity contribution in [3.05, 3.63) is 63.1 Å². The molecule has 2 amide bonds. The Balaban J connectivity index is 2.20. The Hall–Kier alpha value is -1.40. The fourth-order valence-electron chi connectivity index (χ4n) is 2.68. The summed E-state index contributed by atoms with van der Waals surface area (Å²) >= 11 is 19.4. The van der Waals surface area contributed by atoms with Crippen molar-refractivity contribution < 1.29 is 9.59 Å². The molecule has 1 N–H and O–H groups in total. The predicted octanol–water partition coefficient (Wildman–Crippen LogP) is 5.29. The molecule has 2 rings (SSSR count). The zero-order chi connectivity index (χ0) is 20.7. The number of hydrogen-bond acceptors (Lipinski definition) is 3. The standard InChI is InChI=1S/C20H21Cl3N2O2S/c1-3-18(20(27)24-2)25(11-13-4-9-16(22)17(23)10-13)19(26)12-28-15-7-5-14(21)6-8-15/h4-10,18H,3,11-12H2,1-2H3,(H,24,27)/t18-/m1/s1. The zero-order valence-corrected chi connectivity index (χ0v) is 18.6. The van der Waals surface area contributed by atoms with Crippen molar-refractivity contribution in [3.8, 4) is 0 Å². The van der Waals surface area contributed by atoms with Crippen LogP contribution in [0.3, 0.4) is 0 Å². The molecule has 28 heavy (non-hydrogen) atoms. The summed E-state index contributed by atoms with van der Waals surface area (Å²) in [6, 6.07) is 11.9. The second-order valence-corrected chi connectivity index (χ2v) is 8.35. The van der Waals surface area contributed by atoms with Crippen LogP contribution in [0.2, 0.25) is 15.1 Å². The number of carbonyl (C=O) groups excluding carboxylic acids is 2. The molecule has 0 aliphatic carbocycles. The number of carbonyl (C=O) groups is 2. The molecule has 0 bridgehead atoms. The van der Waals surface area contributed by atoms with E-state index in [9.17, 15) is 9.59 Å². The fourth-order valence-corrected chi connectivity index (χ4v) is 3.91. The number of hydrogen-bond donors (Lipinski definition) is 1. The van der Waals surface area contributed by atoms with Crippen LogP contribution >= 0.6 is 46.6 Å². The van der Waals surface area contributed by atoms with Crippen molar-refractivity contribution in [1.29, 1.82) is 0 Å². The van der Waals surface area contributed by atoms with E-state index < -0.39 is 6.04 Å². The summed E-state index contributed by atoms with van der Waals surface area (Å²) in [4.78, 5) is 27.9. The molecule has 1 atom stereocenters. The molecule has 0 unspecified atom stereocenters. The van der Waals surface area contributed by atoms with Crippen LogP contribution in [0.5, 0.6) is 0 Å². The normalized spacial score (nSPS) is 11.8. The van der Waals surface area contributed by atoms with Crippen LogP contribution in [0.25, 0.3) is 0 Å². The van der Waals surface area contributed by atoms with Gasteiger partial charge in [-0.3, -0.25) is 9.59 Å². The number of likely N-dealkylation sites (N-methyl/N-ethyl adjacent to an activating group) is 1. The molecule has 8 heteroatoms. The zero-order valence-electron chi connectivity index (χ0n) is 15.5. The maximum atomic E-state index is 13.0. The molecule has 0 spiro atoms. The van der Waals surface area contributed by atoms with Gasteiger partial charge in [0.2, 0.25) is 11.8 Å². The van der Waals surface area contributed by atoms with E-state index in [4.69, 9.17) is 34.8 Å².